The number of hydrogen-bond acceptors (Lipinski definition) is 4. The van der Waals surface area contributed by atoms with Crippen molar-refractivity contribution in [3.8, 4) is 0 Å². The first-order valence-electron chi connectivity index (χ1n) is 7.64. The van der Waals surface area contributed by atoms with Gasteiger partial charge in [-0.2, -0.15) is 13.2 Å². The second-order valence-corrected chi connectivity index (χ2v) is 6.73. The van der Waals surface area contributed by atoms with Crippen molar-refractivity contribution in [1.82, 2.24) is 15.3 Å². The fourth-order valence-corrected chi connectivity index (χ4v) is 3.00. The van der Waals surface area contributed by atoms with Crippen LogP contribution in [-0.2, 0) is 12.7 Å². The van der Waals surface area contributed by atoms with Gasteiger partial charge in [0.2, 0.25) is 5.95 Å². The van der Waals surface area contributed by atoms with E-state index in [0.29, 0.717) is 18.6 Å². The Labute approximate surface area is 150 Å². The molecule has 0 bridgehead atoms. The van der Waals surface area contributed by atoms with E-state index in [2.05, 4.69) is 31.2 Å². The molecule has 0 spiro atoms. The molecule has 9 heteroatoms. The molecule has 2 aromatic rings. The minimum Gasteiger partial charge on any atom is -0.339 e. The molecule has 0 saturated carbocycles. The summed E-state index contributed by atoms with van der Waals surface area (Å²) in [5.41, 5.74) is -0.904. The number of anilines is 1. The van der Waals surface area contributed by atoms with E-state index in [-0.39, 0.29) is 18.2 Å². The van der Waals surface area contributed by atoms with Gasteiger partial charge in [0.25, 0.3) is 0 Å². The summed E-state index contributed by atoms with van der Waals surface area (Å²) in [6.07, 6.45) is -0.511. The van der Waals surface area contributed by atoms with Crippen molar-refractivity contribution in [1.29, 1.82) is 0 Å². The lowest BCUT2D eigenvalue weighted by Gasteiger charge is -2.18. The molecular formula is C16H15BrF4N4. The smallest absolute Gasteiger partial charge is 0.339 e. The maximum atomic E-state index is 13.1. The van der Waals surface area contributed by atoms with Gasteiger partial charge >= 0.3 is 6.18 Å². The second kappa shape index (κ2) is 7.25. The van der Waals surface area contributed by atoms with Crippen LogP contribution in [-0.4, -0.2) is 29.1 Å². The number of halogens is 5. The van der Waals surface area contributed by atoms with Crippen LogP contribution in [0.15, 0.2) is 35.1 Å². The fourth-order valence-electron chi connectivity index (χ4n) is 2.80. The molecule has 1 fully saturated rings. The monoisotopic (exact) mass is 418 g/mol. The molecule has 2 heterocycles. The van der Waals surface area contributed by atoms with E-state index in [4.69, 9.17) is 0 Å². The molecule has 1 saturated heterocycles. The predicted molar refractivity (Wildman–Crippen MR) is 88.6 cm³/mol. The minimum absolute atomic E-state index is 0.0124. The molecule has 0 amide bonds. The first-order valence-corrected chi connectivity index (χ1v) is 8.44. The third kappa shape index (κ3) is 4.46. The zero-order valence-electron chi connectivity index (χ0n) is 13.0. The summed E-state index contributed by atoms with van der Waals surface area (Å²) in [5, 5.41) is 3.11. The summed E-state index contributed by atoms with van der Waals surface area (Å²) < 4.78 is 53.0. The van der Waals surface area contributed by atoms with Crippen LogP contribution in [0.25, 0.3) is 0 Å². The van der Waals surface area contributed by atoms with Crippen molar-refractivity contribution in [3.63, 3.8) is 0 Å². The van der Waals surface area contributed by atoms with Crippen molar-refractivity contribution < 1.29 is 17.6 Å². The van der Waals surface area contributed by atoms with Gasteiger partial charge < -0.3 is 10.2 Å². The number of alkyl halides is 3. The second-order valence-electron chi connectivity index (χ2n) is 5.81. The molecule has 3 rings (SSSR count). The number of nitrogens with one attached hydrogen (secondary N) is 1. The van der Waals surface area contributed by atoms with Gasteiger partial charge in [-0.3, -0.25) is 0 Å². The molecule has 0 radical (unpaired) electrons. The molecule has 1 atom stereocenters. The average Bonchev–Trinajstić information content (AvgIpc) is 3.02. The lowest BCUT2D eigenvalue weighted by Crippen LogP contribution is -2.33. The topological polar surface area (TPSA) is 41.0 Å². The molecule has 4 nitrogen and oxygen atoms in total. The third-order valence-corrected chi connectivity index (χ3v) is 4.45. The van der Waals surface area contributed by atoms with Crippen LogP contribution in [0.1, 0.15) is 17.5 Å². The summed E-state index contributed by atoms with van der Waals surface area (Å²) in [6.45, 7) is 1.34. The Hall–Kier alpha value is -1.74. The van der Waals surface area contributed by atoms with Gasteiger partial charge in [0.05, 0.1) is 10.0 Å². The van der Waals surface area contributed by atoms with Crippen molar-refractivity contribution in [2.45, 2.75) is 25.2 Å². The van der Waals surface area contributed by atoms with Crippen LogP contribution in [0.4, 0.5) is 23.5 Å². The summed E-state index contributed by atoms with van der Waals surface area (Å²) in [4.78, 5) is 10.4. The molecule has 1 aliphatic rings. The largest absolute Gasteiger partial charge is 0.416 e. The fraction of sp³-hybridized carbons (Fsp3) is 0.375. The van der Waals surface area contributed by atoms with Crippen LogP contribution in [0.3, 0.4) is 0 Å². The van der Waals surface area contributed by atoms with E-state index in [1.165, 1.54) is 6.07 Å². The first kappa shape index (κ1) is 18.1. The van der Waals surface area contributed by atoms with Crippen molar-refractivity contribution in [2.24, 2.45) is 0 Å². The Morgan fingerprint density at radius 1 is 1.24 bits per heavy atom. The number of nitrogens with zero attached hydrogens (tertiary/aromatic N) is 3. The van der Waals surface area contributed by atoms with Crippen molar-refractivity contribution >= 4 is 21.9 Å². The van der Waals surface area contributed by atoms with Gasteiger partial charge in [-0.1, -0.05) is 6.07 Å². The van der Waals surface area contributed by atoms with Crippen LogP contribution >= 0.6 is 15.9 Å². The zero-order valence-corrected chi connectivity index (χ0v) is 14.6. The van der Waals surface area contributed by atoms with Gasteiger partial charge in [-0.15, -0.1) is 0 Å². The number of benzene rings is 1. The zero-order chi connectivity index (χ0) is 18.0. The van der Waals surface area contributed by atoms with Crippen LogP contribution in [0.2, 0.25) is 0 Å². The molecule has 1 N–H and O–H groups in total. The Kier molecular flexibility index (Phi) is 5.24. The van der Waals surface area contributed by atoms with E-state index < -0.39 is 17.6 Å². The molecule has 134 valence electrons. The Balaban J connectivity index is 1.63. The summed E-state index contributed by atoms with van der Waals surface area (Å²) >= 11 is 3.27. The quantitative estimate of drug-likeness (QED) is 0.767. The number of aromatic nitrogens is 2. The average molecular weight is 419 g/mol. The van der Waals surface area contributed by atoms with E-state index in [1.54, 1.807) is 12.4 Å². The lowest BCUT2D eigenvalue weighted by atomic mass is 10.1. The highest BCUT2D eigenvalue weighted by Gasteiger charge is 2.34. The predicted octanol–water partition coefficient (Wildman–Crippen LogP) is 3.77. The van der Waals surface area contributed by atoms with Gasteiger partial charge in [-0.05, 0) is 40.0 Å². The third-order valence-electron chi connectivity index (χ3n) is 4.04. The first-order chi connectivity index (χ1) is 11.8. The van der Waals surface area contributed by atoms with E-state index in [9.17, 15) is 17.6 Å². The maximum Gasteiger partial charge on any atom is 0.416 e. The van der Waals surface area contributed by atoms with Crippen LogP contribution < -0.4 is 10.2 Å². The van der Waals surface area contributed by atoms with Gasteiger partial charge in [0, 0.05) is 38.1 Å². The molecule has 1 unspecified atom stereocenters. The Morgan fingerprint density at radius 3 is 2.64 bits per heavy atom. The summed E-state index contributed by atoms with van der Waals surface area (Å²) in [6, 6.07) is 2.77. The summed E-state index contributed by atoms with van der Waals surface area (Å²) in [5.74, 6) is -0.305. The highest BCUT2D eigenvalue weighted by molar-refractivity contribution is 9.10. The van der Waals surface area contributed by atoms with Crippen molar-refractivity contribution in [3.05, 3.63) is 52.0 Å². The highest BCUT2D eigenvalue weighted by atomic mass is 79.9. The highest BCUT2D eigenvalue weighted by Crippen LogP contribution is 2.32. The summed E-state index contributed by atoms with van der Waals surface area (Å²) in [7, 11) is 0. The molecule has 1 aliphatic heterocycles. The van der Waals surface area contributed by atoms with Gasteiger partial charge in [-0.25, -0.2) is 14.4 Å². The molecule has 0 aliphatic carbocycles. The molecule has 25 heavy (non-hydrogen) atoms. The van der Waals surface area contributed by atoms with Gasteiger partial charge in [0.15, 0.2) is 0 Å². The van der Waals surface area contributed by atoms with Crippen LogP contribution in [0.5, 0.6) is 0 Å². The van der Waals surface area contributed by atoms with Crippen molar-refractivity contribution in [2.75, 3.05) is 18.0 Å². The minimum atomic E-state index is -4.58. The number of hydrogen-bond donors (Lipinski definition) is 1. The van der Waals surface area contributed by atoms with E-state index in [1.807, 2.05) is 4.90 Å². The maximum absolute atomic E-state index is 13.1. The molecular weight excluding hydrogens is 404 g/mol. The number of rotatable bonds is 4. The standard InChI is InChI=1S/C16H15BrF4N4/c17-11-7-23-15(24-8-11)25-4-3-13(9-25)22-6-10-1-2-12(18)5-14(10)16(19,20)21/h1-2,5,7-8,13,22H,3-4,6,9H2. The lowest BCUT2D eigenvalue weighted by molar-refractivity contribution is -0.138. The SMILES string of the molecule is Fc1ccc(CNC2CCN(c3ncc(Br)cn3)C2)c(C(F)(F)F)c1. The van der Waals surface area contributed by atoms with E-state index in [0.717, 1.165) is 23.5 Å². The Morgan fingerprint density at radius 2 is 1.96 bits per heavy atom. The van der Waals surface area contributed by atoms with Crippen LogP contribution in [0, 0.1) is 5.82 Å². The Bertz CT molecular complexity index is 736. The molecule has 1 aromatic heterocycles. The molecule has 1 aromatic carbocycles. The van der Waals surface area contributed by atoms with Gasteiger partial charge in [0.1, 0.15) is 5.82 Å². The normalized spacial score (nSPS) is 18.0. The van der Waals surface area contributed by atoms with E-state index >= 15 is 0 Å².